The lowest BCUT2D eigenvalue weighted by Gasteiger charge is -2.42. The molecule has 0 aliphatic carbocycles. The van der Waals surface area contributed by atoms with E-state index < -0.39 is 0 Å². The SMILES string of the molecule is CCCCOCCN1CC(=O)N2CCCCC2C1=O. The van der Waals surface area contributed by atoms with Crippen molar-refractivity contribution in [3.05, 3.63) is 0 Å². The summed E-state index contributed by atoms with van der Waals surface area (Å²) in [4.78, 5) is 27.7. The first kappa shape index (κ1) is 14.3. The molecule has 2 amide bonds. The van der Waals surface area contributed by atoms with Crippen LogP contribution in [0.1, 0.15) is 39.0 Å². The van der Waals surface area contributed by atoms with Gasteiger partial charge < -0.3 is 14.5 Å². The molecule has 2 saturated heterocycles. The Kier molecular flexibility index (Phi) is 5.19. The van der Waals surface area contributed by atoms with E-state index >= 15 is 0 Å². The molecule has 1 atom stereocenters. The van der Waals surface area contributed by atoms with Crippen LogP contribution < -0.4 is 0 Å². The van der Waals surface area contributed by atoms with Crippen molar-refractivity contribution in [1.82, 2.24) is 9.80 Å². The van der Waals surface area contributed by atoms with Crippen LogP contribution >= 0.6 is 0 Å². The highest BCUT2D eigenvalue weighted by molar-refractivity contribution is 5.95. The molecule has 1 unspecified atom stereocenters. The molecule has 0 N–H and O–H groups in total. The van der Waals surface area contributed by atoms with Crippen molar-refractivity contribution in [1.29, 1.82) is 0 Å². The molecular formula is C14H24N2O3. The van der Waals surface area contributed by atoms with Crippen LogP contribution in [0.3, 0.4) is 0 Å². The average molecular weight is 268 g/mol. The van der Waals surface area contributed by atoms with E-state index in [1.165, 1.54) is 0 Å². The van der Waals surface area contributed by atoms with Crippen molar-refractivity contribution in [2.24, 2.45) is 0 Å². The van der Waals surface area contributed by atoms with Crippen LogP contribution in [0.25, 0.3) is 0 Å². The summed E-state index contributed by atoms with van der Waals surface area (Å²) < 4.78 is 5.48. The van der Waals surface area contributed by atoms with Gasteiger partial charge in [-0.05, 0) is 25.7 Å². The van der Waals surface area contributed by atoms with Gasteiger partial charge in [0.05, 0.1) is 13.2 Å². The van der Waals surface area contributed by atoms with Gasteiger partial charge in [-0.25, -0.2) is 0 Å². The predicted octanol–water partition coefficient (Wildman–Crippen LogP) is 1.03. The van der Waals surface area contributed by atoms with Crippen molar-refractivity contribution in [3.63, 3.8) is 0 Å². The van der Waals surface area contributed by atoms with E-state index in [9.17, 15) is 9.59 Å². The number of carbonyl (C=O) groups is 2. The largest absolute Gasteiger partial charge is 0.380 e. The van der Waals surface area contributed by atoms with Crippen molar-refractivity contribution >= 4 is 11.8 Å². The Morgan fingerprint density at radius 3 is 2.89 bits per heavy atom. The second-order valence-corrected chi connectivity index (χ2v) is 5.32. The van der Waals surface area contributed by atoms with Crippen LogP contribution in [-0.2, 0) is 14.3 Å². The third-order valence-electron chi connectivity index (χ3n) is 3.89. The minimum Gasteiger partial charge on any atom is -0.380 e. The van der Waals surface area contributed by atoms with E-state index in [1.54, 1.807) is 9.80 Å². The number of amides is 2. The summed E-state index contributed by atoms with van der Waals surface area (Å²) in [5, 5.41) is 0. The van der Waals surface area contributed by atoms with Crippen LogP contribution in [0.5, 0.6) is 0 Å². The minimum absolute atomic E-state index is 0.0952. The fourth-order valence-electron chi connectivity index (χ4n) is 2.74. The van der Waals surface area contributed by atoms with Crippen LogP contribution in [0, 0.1) is 0 Å². The maximum Gasteiger partial charge on any atom is 0.245 e. The van der Waals surface area contributed by atoms with E-state index in [4.69, 9.17) is 4.74 Å². The van der Waals surface area contributed by atoms with Gasteiger partial charge >= 0.3 is 0 Å². The van der Waals surface area contributed by atoms with Crippen LogP contribution in [-0.4, -0.2) is 60.5 Å². The Balaban J connectivity index is 1.81. The highest BCUT2D eigenvalue weighted by Gasteiger charge is 2.39. The topological polar surface area (TPSA) is 49.9 Å². The summed E-state index contributed by atoms with van der Waals surface area (Å²) in [5.74, 6) is 0.205. The van der Waals surface area contributed by atoms with Gasteiger partial charge in [-0.15, -0.1) is 0 Å². The zero-order valence-corrected chi connectivity index (χ0v) is 11.8. The summed E-state index contributed by atoms with van der Waals surface area (Å²) in [6.07, 6.45) is 5.04. The number of unbranched alkanes of at least 4 members (excludes halogenated alkanes) is 1. The molecule has 2 rings (SSSR count). The van der Waals surface area contributed by atoms with E-state index in [2.05, 4.69) is 6.92 Å². The smallest absolute Gasteiger partial charge is 0.245 e. The summed E-state index contributed by atoms with van der Waals surface area (Å²) >= 11 is 0. The molecule has 2 aliphatic heterocycles. The first-order valence-electron chi connectivity index (χ1n) is 7.40. The van der Waals surface area contributed by atoms with Gasteiger partial charge in [0.1, 0.15) is 6.04 Å². The zero-order valence-electron chi connectivity index (χ0n) is 11.8. The Morgan fingerprint density at radius 1 is 1.26 bits per heavy atom. The molecule has 108 valence electrons. The van der Waals surface area contributed by atoms with Gasteiger partial charge in [0, 0.05) is 19.7 Å². The molecule has 2 fully saturated rings. The molecule has 2 aliphatic rings. The lowest BCUT2D eigenvalue weighted by Crippen LogP contribution is -2.61. The molecule has 0 spiro atoms. The second-order valence-electron chi connectivity index (χ2n) is 5.32. The van der Waals surface area contributed by atoms with E-state index in [-0.39, 0.29) is 24.4 Å². The second kappa shape index (κ2) is 6.89. The highest BCUT2D eigenvalue weighted by atomic mass is 16.5. The number of ether oxygens (including phenoxy) is 1. The number of piperidine rings is 1. The Bertz CT molecular complexity index is 333. The molecule has 0 saturated carbocycles. The zero-order chi connectivity index (χ0) is 13.7. The van der Waals surface area contributed by atoms with Gasteiger partial charge in [0.25, 0.3) is 0 Å². The summed E-state index contributed by atoms with van der Waals surface area (Å²) in [7, 11) is 0. The molecule has 0 aromatic rings. The summed E-state index contributed by atoms with van der Waals surface area (Å²) in [6, 6.07) is -0.203. The van der Waals surface area contributed by atoms with Crippen molar-refractivity contribution in [2.75, 3.05) is 32.8 Å². The van der Waals surface area contributed by atoms with Crippen molar-refractivity contribution in [2.45, 2.75) is 45.1 Å². The molecular weight excluding hydrogens is 244 g/mol. The van der Waals surface area contributed by atoms with Gasteiger partial charge in [-0.1, -0.05) is 13.3 Å². The first-order valence-corrected chi connectivity index (χ1v) is 7.40. The lowest BCUT2D eigenvalue weighted by atomic mass is 9.98. The number of piperazine rings is 1. The van der Waals surface area contributed by atoms with Crippen LogP contribution in [0.2, 0.25) is 0 Å². The number of hydrogen-bond acceptors (Lipinski definition) is 3. The molecule has 0 aromatic heterocycles. The minimum atomic E-state index is -0.203. The van der Waals surface area contributed by atoms with Gasteiger partial charge in [0.2, 0.25) is 11.8 Å². The molecule has 5 heteroatoms. The van der Waals surface area contributed by atoms with E-state index in [0.29, 0.717) is 13.2 Å². The molecule has 5 nitrogen and oxygen atoms in total. The van der Waals surface area contributed by atoms with Crippen LogP contribution in [0.4, 0.5) is 0 Å². The average Bonchev–Trinajstić information content (AvgIpc) is 2.44. The third kappa shape index (κ3) is 3.47. The third-order valence-corrected chi connectivity index (χ3v) is 3.89. The van der Waals surface area contributed by atoms with E-state index in [1.807, 2.05) is 0 Å². The number of carbonyl (C=O) groups excluding carboxylic acids is 2. The number of rotatable bonds is 6. The van der Waals surface area contributed by atoms with Gasteiger partial charge in [-0.3, -0.25) is 9.59 Å². The standard InChI is InChI=1S/C14H24N2O3/c1-2-3-9-19-10-8-15-11-13(17)16-7-5-4-6-12(16)14(15)18/h12H,2-11H2,1H3. The molecule has 2 heterocycles. The van der Waals surface area contributed by atoms with Crippen molar-refractivity contribution < 1.29 is 14.3 Å². The molecule has 0 aromatic carbocycles. The van der Waals surface area contributed by atoms with Crippen LogP contribution in [0.15, 0.2) is 0 Å². The van der Waals surface area contributed by atoms with Gasteiger partial charge in [0.15, 0.2) is 0 Å². The Hall–Kier alpha value is -1.10. The fraction of sp³-hybridized carbons (Fsp3) is 0.857. The highest BCUT2D eigenvalue weighted by Crippen LogP contribution is 2.22. The quantitative estimate of drug-likeness (QED) is 0.676. The summed E-state index contributed by atoms with van der Waals surface area (Å²) in [5.41, 5.74) is 0. The molecule has 19 heavy (non-hydrogen) atoms. The number of hydrogen-bond donors (Lipinski definition) is 0. The fourth-order valence-corrected chi connectivity index (χ4v) is 2.74. The lowest BCUT2D eigenvalue weighted by molar-refractivity contribution is -0.158. The van der Waals surface area contributed by atoms with E-state index in [0.717, 1.165) is 45.3 Å². The maximum absolute atomic E-state index is 12.3. The molecule has 0 radical (unpaired) electrons. The maximum atomic E-state index is 12.3. The first-order chi connectivity index (χ1) is 9.24. The summed E-state index contributed by atoms with van der Waals surface area (Å²) in [6.45, 7) is 4.91. The Morgan fingerprint density at radius 2 is 2.11 bits per heavy atom. The normalized spacial score (nSPS) is 23.7. The Labute approximate surface area is 114 Å². The monoisotopic (exact) mass is 268 g/mol. The number of fused-ring (bicyclic) bond motifs is 1. The molecule has 0 bridgehead atoms. The van der Waals surface area contributed by atoms with Crippen molar-refractivity contribution in [3.8, 4) is 0 Å². The van der Waals surface area contributed by atoms with Gasteiger partial charge in [-0.2, -0.15) is 0 Å². The number of nitrogens with zero attached hydrogens (tertiary/aromatic N) is 2. The predicted molar refractivity (Wildman–Crippen MR) is 71.7 cm³/mol.